The number of ether oxygens (including phenoxy) is 1. The molecule has 5 heteroatoms. The topological polar surface area (TPSA) is 46.6 Å². The van der Waals surface area contributed by atoms with Crippen molar-refractivity contribution in [2.45, 2.75) is 0 Å². The summed E-state index contributed by atoms with van der Waals surface area (Å²) in [7, 11) is 0. The lowest BCUT2D eigenvalue weighted by molar-refractivity contribution is -0.121. The third kappa shape index (κ3) is 3.29. The number of rotatable bonds is 3. The first-order chi connectivity index (χ1) is 11.1. The molecule has 0 aliphatic carbocycles. The number of hydrogen-bond donors (Lipinski definition) is 0. The number of amides is 2. The molecule has 0 atom stereocenters. The Morgan fingerprint density at radius 1 is 1.09 bits per heavy atom. The third-order valence-electron chi connectivity index (χ3n) is 3.50. The molecule has 4 nitrogen and oxygen atoms in total. The fourth-order valence-electron chi connectivity index (χ4n) is 2.34. The molecule has 0 N–H and O–H groups in total. The number of nitrogens with zero attached hydrogens (tertiary/aromatic N) is 1. The number of halogens is 1. The lowest BCUT2D eigenvalue weighted by Crippen LogP contribution is -2.32. The minimum Gasteiger partial charge on any atom is -0.447 e. The van der Waals surface area contributed by atoms with Crippen LogP contribution >= 0.6 is 0 Å². The van der Waals surface area contributed by atoms with Crippen LogP contribution in [0.3, 0.4) is 0 Å². The van der Waals surface area contributed by atoms with Gasteiger partial charge in [0.25, 0.3) is 5.91 Å². The van der Waals surface area contributed by atoms with E-state index in [9.17, 15) is 14.0 Å². The molecule has 1 saturated heterocycles. The van der Waals surface area contributed by atoms with Gasteiger partial charge < -0.3 is 4.74 Å². The highest BCUT2D eigenvalue weighted by atomic mass is 19.1. The first-order valence-corrected chi connectivity index (χ1v) is 7.16. The average molecular weight is 311 g/mol. The summed E-state index contributed by atoms with van der Waals surface area (Å²) in [5, 5.41) is 0. The molecular formula is C18H14FNO3. The van der Waals surface area contributed by atoms with Gasteiger partial charge in [-0.2, -0.15) is 0 Å². The van der Waals surface area contributed by atoms with Crippen LogP contribution in [0.1, 0.15) is 11.1 Å². The van der Waals surface area contributed by atoms with Gasteiger partial charge in [0.15, 0.2) is 0 Å². The monoisotopic (exact) mass is 311 g/mol. The minimum absolute atomic E-state index is 0.187. The highest BCUT2D eigenvalue weighted by molar-refractivity contribution is 6.27. The molecule has 1 heterocycles. The summed E-state index contributed by atoms with van der Waals surface area (Å²) in [6, 6.07) is 14.9. The quantitative estimate of drug-likeness (QED) is 0.645. The Morgan fingerprint density at radius 2 is 1.78 bits per heavy atom. The maximum atomic E-state index is 13.2. The number of cyclic esters (lactones) is 1. The van der Waals surface area contributed by atoms with E-state index >= 15 is 0 Å². The molecule has 0 bridgehead atoms. The second-order valence-electron chi connectivity index (χ2n) is 5.05. The summed E-state index contributed by atoms with van der Waals surface area (Å²) in [4.78, 5) is 25.4. The summed E-state index contributed by atoms with van der Waals surface area (Å²) in [6.45, 7) is 0.400. The Labute approximate surface area is 132 Å². The van der Waals surface area contributed by atoms with E-state index in [-0.39, 0.29) is 19.0 Å². The average Bonchev–Trinajstić information content (AvgIpc) is 3.00. The zero-order valence-electron chi connectivity index (χ0n) is 12.2. The minimum atomic E-state index is -0.656. The maximum Gasteiger partial charge on any atom is 0.416 e. The smallest absolute Gasteiger partial charge is 0.416 e. The summed E-state index contributed by atoms with van der Waals surface area (Å²) in [5.41, 5.74) is 1.67. The normalized spacial score (nSPS) is 14.7. The van der Waals surface area contributed by atoms with Gasteiger partial charge in [0.1, 0.15) is 12.4 Å². The second kappa shape index (κ2) is 6.44. The van der Waals surface area contributed by atoms with Crippen LogP contribution in [0.15, 0.2) is 54.6 Å². The van der Waals surface area contributed by atoms with Crippen LogP contribution in [0.25, 0.3) is 11.6 Å². The molecule has 2 aromatic carbocycles. The van der Waals surface area contributed by atoms with E-state index < -0.39 is 12.0 Å². The first kappa shape index (κ1) is 15.0. The second-order valence-corrected chi connectivity index (χ2v) is 5.05. The zero-order chi connectivity index (χ0) is 16.2. The standard InChI is InChI=1S/C18H14FNO3/c19-15-8-6-14(7-9-15)16(12-13-4-2-1-3-5-13)17(21)20-10-11-23-18(20)22/h1-9,12H,10-11H2/b16-12+. The largest absolute Gasteiger partial charge is 0.447 e. The van der Waals surface area contributed by atoms with Gasteiger partial charge in [-0.3, -0.25) is 4.79 Å². The van der Waals surface area contributed by atoms with Crippen molar-refractivity contribution >= 4 is 23.6 Å². The lowest BCUT2D eigenvalue weighted by atomic mass is 10.0. The molecule has 0 unspecified atom stereocenters. The molecule has 1 aliphatic rings. The van der Waals surface area contributed by atoms with Crippen LogP contribution in [0.4, 0.5) is 9.18 Å². The van der Waals surface area contributed by atoms with Crippen molar-refractivity contribution in [3.63, 3.8) is 0 Å². The molecule has 1 fully saturated rings. The van der Waals surface area contributed by atoms with Gasteiger partial charge in [0.2, 0.25) is 0 Å². The van der Waals surface area contributed by atoms with Gasteiger partial charge in [-0.15, -0.1) is 0 Å². The SMILES string of the molecule is O=C1OCCN1C(=O)/C(=C/c1ccccc1)c1ccc(F)cc1. The predicted octanol–water partition coefficient (Wildman–Crippen LogP) is 3.35. The summed E-state index contributed by atoms with van der Waals surface area (Å²) in [6.07, 6.45) is 1.03. The van der Waals surface area contributed by atoms with Crippen molar-refractivity contribution < 1.29 is 18.7 Å². The third-order valence-corrected chi connectivity index (χ3v) is 3.50. The number of hydrogen-bond acceptors (Lipinski definition) is 3. The van der Waals surface area contributed by atoms with Crippen LogP contribution in [-0.4, -0.2) is 30.1 Å². The molecule has 0 saturated carbocycles. The molecule has 23 heavy (non-hydrogen) atoms. The van der Waals surface area contributed by atoms with Crippen LogP contribution in [0, 0.1) is 5.82 Å². The van der Waals surface area contributed by atoms with E-state index in [1.165, 1.54) is 24.3 Å². The summed E-state index contributed by atoms with van der Waals surface area (Å²) < 4.78 is 18.0. The van der Waals surface area contributed by atoms with E-state index in [0.29, 0.717) is 11.1 Å². The fraction of sp³-hybridized carbons (Fsp3) is 0.111. The summed E-state index contributed by atoms with van der Waals surface area (Å²) in [5.74, 6) is -0.844. The van der Waals surface area contributed by atoms with Gasteiger partial charge in [-0.25, -0.2) is 14.1 Å². The van der Waals surface area contributed by atoms with E-state index in [0.717, 1.165) is 10.5 Å². The Kier molecular flexibility index (Phi) is 4.19. The highest BCUT2D eigenvalue weighted by Gasteiger charge is 2.31. The van der Waals surface area contributed by atoms with Gasteiger partial charge in [-0.1, -0.05) is 42.5 Å². The van der Waals surface area contributed by atoms with Gasteiger partial charge in [0.05, 0.1) is 6.54 Å². The fourth-order valence-corrected chi connectivity index (χ4v) is 2.34. The predicted molar refractivity (Wildman–Crippen MR) is 83.8 cm³/mol. The molecule has 116 valence electrons. The van der Waals surface area contributed by atoms with E-state index in [2.05, 4.69) is 0 Å². The van der Waals surface area contributed by atoms with Crippen LogP contribution in [0.5, 0.6) is 0 Å². The Morgan fingerprint density at radius 3 is 2.39 bits per heavy atom. The van der Waals surface area contributed by atoms with Crippen molar-refractivity contribution in [2.75, 3.05) is 13.2 Å². The molecule has 0 spiro atoms. The molecule has 3 rings (SSSR count). The van der Waals surface area contributed by atoms with Crippen molar-refractivity contribution in [1.29, 1.82) is 0 Å². The number of imide groups is 1. The van der Waals surface area contributed by atoms with E-state index in [1.807, 2.05) is 30.3 Å². The molecule has 2 amide bonds. The van der Waals surface area contributed by atoms with Gasteiger partial charge in [0, 0.05) is 5.57 Å². The van der Waals surface area contributed by atoms with Crippen molar-refractivity contribution in [2.24, 2.45) is 0 Å². The number of benzene rings is 2. The van der Waals surface area contributed by atoms with Crippen LogP contribution in [0.2, 0.25) is 0 Å². The van der Waals surface area contributed by atoms with E-state index in [4.69, 9.17) is 4.74 Å². The highest BCUT2D eigenvalue weighted by Crippen LogP contribution is 2.23. The molecule has 1 aliphatic heterocycles. The van der Waals surface area contributed by atoms with Crippen molar-refractivity contribution in [3.8, 4) is 0 Å². The molecule has 0 radical (unpaired) electrons. The molecule has 0 aromatic heterocycles. The van der Waals surface area contributed by atoms with Gasteiger partial charge >= 0.3 is 6.09 Å². The molecule has 2 aromatic rings. The van der Waals surface area contributed by atoms with Crippen molar-refractivity contribution in [1.82, 2.24) is 4.90 Å². The van der Waals surface area contributed by atoms with Crippen molar-refractivity contribution in [3.05, 3.63) is 71.5 Å². The zero-order valence-corrected chi connectivity index (χ0v) is 12.2. The Bertz CT molecular complexity index is 754. The van der Waals surface area contributed by atoms with E-state index in [1.54, 1.807) is 6.08 Å². The first-order valence-electron chi connectivity index (χ1n) is 7.16. The Hall–Kier alpha value is -2.95. The maximum absolute atomic E-state index is 13.2. The van der Waals surface area contributed by atoms with Crippen LogP contribution < -0.4 is 0 Å². The lowest BCUT2D eigenvalue weighted by Gasteiger charge is -2.14. The molecular weight excluding hydrogens is 297 g/mol. The summed E-state index contributed by atoms with van der Waals surface area (Å²) >= 11 is 0. The Balaban J connectivity index is 2.03. The number of carbonyl (C=O) groups is 2. The van der Waals surface area contributed by atoms with Crippen LogP contribution in [-0.2, 0) is 9.53 Å². The number of carbonyl (C=O) groups excluding carboxylic acids is 2. The van der Waals surface area contributed by atoms with Gasteiger partial charge in [-0.05, 0) is 29.3 Å².